The van der Waals surface area contributed by atoms with Crippen LogP contribution in [-0.4, -0.2) is 22.2 Å². The van der Waals surface area contributed by atoms with Crippen LogP contribution in [0, 0.1) is 0 Å². The third-order valence-electron chi connectivity index (χ3n) is 3.69. The van der Waals surface area contributed by atoms with Crippen molar-refractivity contribution in [1.82, 2.24) is 15.1 Å². The van der Waals surface area contributed by atoms with Crippen LogP contribution in [0.1, 0.15) is 48.9 Å². The lowest BCUT2D eigenvalue weighted by Gasteiger charge is -2.05. The van der Waals surface area contributed by atoms with Gasteiger partial charge in [-0.05, 0) is 31.0 Å². The number of rotatable bonds is 10. The highest BCUT2D eigenvalue weighted by Gasteiger charge is 2.02. The van der Waals surface area contributed by atoms with Crippen molar-refractivity contribution in [2.24, 2.45) is 0 Å². The van der Waals surface area contributed by atoms with Gasteiger partial charge in [-0.15, -0.1) is 0 Å². The number of hydrogen-bond donors (Lipinski definition) is 1. The van der Waals surface area contributed by atoms with E-state index in [4.69, 9.17) is 0 Å². The molecule has 4 nitrogen and oxygen atoms in total. The van der Waals surface area contributed by atoms with E-state index in [1.165, 1.54) is 32.1 Å². The van der Waals surface area contributed by atoms with E-state index < -0.39 is 0 Å². The van der Waals surface area contributed by atoms with Crippen LogP contribution >= 0.6 is 0 Å². The molecule has 2 rings (SSSR count). The third-order valence-corrected chi connectivity index (χ3v) is 3.69. The van der Waals surface area contributed by atoms with Gasteiger partial charge in [-0.2, -0.15) is 5.10 Å². The van der Waals surface area contributed by atoms with Crippen molar-refractivity contribution in [2.75, 3.05) is 6.54 Å². The number of benzene rings is 1. The lowest BCUT2D eigenvalue weighted by atomic mass is 10.1. The monoisotopic (exact) mass is 299 g/mol. The third kappa shape index (κ3) is 6.12. The van der Waals surface area contributed by atoms with Gasteiger partial charge in [-0.1, -0.05) is 43.9 Å². The van der Waals surface area contributed by atoms with E-state index in [0.717, 1.165) is 25.1 Å². The van der Waals surface area contributed by atoms with Crippen molar-refractivity contribution < 1.29 is 4.79 Å². The summed E-state index contributed by atoms with van der Waals surface area (Å²) in [5.41, 5.74) is 0.737. The fourth-order valence-electron chi connectivity index (χ4n) is 2.43. The first-order valence-corrected chi connectivity index (χ1v) is 8.17. The molecule has 0 fully saturated rings. The van der Waals surface area contributed by atoms with Gasteiger partial charge in [0, 0.05) is 31.0 Å². The summed E-state index contributed by atoms with van der Waals surface area (Å²) in [6.45, 7) is 1.78. The summed E-state index contributed by atoms with van der Waals surface area (Å²) in [5, 5.41) is 7.16. The molecule has 1 aromatic carbocycles. The van der Waals surface area contributed by atoms with Crippen LogP contribution in [0.2, 0.25) is 0 Å². The molecule has 4 heteroatoms. The maximum Gasteiger partial charge on any atom is 0.251 e. The van der Waals surface area contributed by atoms with E-state index in [1.54, 1.807) is 0 Å². The van der Waals surface area contributed by atoms with Crippen molar-refractivity contribution in [3.05, 3.63) is 54.4 Å². The quantitative estimate of drug-likeness (QED) is 0.681. The van der Waals surface area contributed by atoms with Gasteiger partial charge in [-0.25, -0.2) is 0 Å². The fraction of sp³-hybridized carbons (Fsp3) is 0.444. The van der Waals surface area contributed by atoms with Crippen LogP contribution in [0.15, 0.2) is 48.8 Å². The minimum atomic E-state index is 0.0276. The Balaban J connectivity index is 1.42. The fourth-order valence-corrected chi connectivity index (χ4v) is 2.43. The standard InChI is InChI=1S/C18H25N3O/c22-18(17-11-6-5-7-12-17)19-13-8-3-1-2-4-9-15-21-16-10-14-20-21/h5-7,10-12,14,16H,1-4,8-9,13,15H2,(H,19,22). The number of nitrogens with zero attached hydrogens (tertiary/aromatic N) is 2. The molecule has 0 atom stereocenters. The van der Waals surface area contributed by atoms with Gasteiger partial charge in [0.25, 0.3) is 5.91 Å². The highest BCUT2D eigenvalue weighted by molar-refractivity contribution is 5.94. The predicted octanol–water partition coefficient (Wildman–Crippen LogP) is 3.65. The van der Waals surface area contributed by atoms with E-state index in [2.05, 4.69) is 10.4 Å². The van der Waals surface area contributed by atoms with Crippen LogP contribution < -0.4 is 5.32 Å². The highest BCUT2D eigenvalue weighted by Crippen LogP contribution is 2.06. The molecule has 1 aromatic heterocycles. The van der Waals surface area contributed by atoms with E-state index in [0.29, 0.717) is 0 Å². The zero-order valence-electron chi connectivity index (χ0n) is 13.1. The molecule has 0 saturated carbocycles. The number of carbonyl (C=O) groups excluding carboxylic acids is 1. The largest absolute Gasteiger partial charge is 0.352 e. The second-order valence-electron chi connectivity index (χ2n) is 5.51. The topological polar surface area (TPSA) is 46.9 Å². The Bertz CT molecular complexity index is 523. The zero-order chi connectivity index (χ0) is 15.5. The molecule has 22 heavy (non-hydrogen) atoms. The summed E-state index contributed by atoms with van der Waals surface area (Å²) in [4.78, 5) is 11.8. The van der Waals surface area contributed by atoms with Crippen LogP contribution in [0.25, 0.3) is 0 Å². The number of carbonyl (C=O) groups is 1. The summed E-state index contributed by atoms with van der Waals surface area (Å²) in [6.07, 6.45) is 11.0. The molecule has 1 amide bonds. The summed E-state index contributed by atoms with van der Waals surface area (Å²) in [6, 6.07) is 11.3. The van der Waals surface area contributed by atoms with Crippen LogP contribution in [0.4, 0.5) is 0 Å². The van der Waals surface area contributed by atoms with Gasteiger partial charge in [0.1, 0.15) is 0 Å². The Hall–Kier alpha value is -2.10. The van der Waals surface area contributed by atoms with Gasteiger partial charge in [-0.3, -0.25) is 9.48 Å². The Morgan fingerprint density at radius 1 is 0.955 bits per heavy atom. The summed E-state index contributed by atoms with van der Waals surface area (Å²) >= 11 is 0. The molecule has 118 valence electrons. The smallest absolute Gasteiger partial charge is 0.251 e. The lowest BCUT2D eigenvalue weighted by molar-refractivity contribution is 0.0953. The minimum Gasteiger partial charge on any atom is -0.352 e. The number of hydrogen-bond acceptors (Lipinski definition) is 2. The number of nitrogens with one attached hydrogen (secondary N) is 1. The van der Waals surface area contributed by atoms with Crippen LogP contribution in [0.5, 0.6) is 0 Å². The Labute approximate surface area is 132 Å². The van der Waals surface area contributed by atoms with Crippen molar-refractivity contribution in [2.45, 2.75) is 45.1 Å². The van der Waals surface area contributed by atoms with E-state index in [9.17, 15) is 4.79 Å². The molecule has 0 unspecified atom stereocenters. The maximum absolute atomic E-state index is 11.8. The van der Waals surface area contributed by atoms with E-state index in [1.807, 2.05) is 53.5 Å². The number of aryl methyl sites for hydroxylation is 1. The average molecular weight is 299 g/mol. The zero-order valence-corrected chi connectivity index (χ0v) is 13.1. The number of unbranched alkanes of at least 4 members (excludes halogenated alkanes) is 5. The molecule has 1 N–H and O–H groups in total. The van der Waals surface area contributed by atoms with Crippen molar-refractivity contribution >= 4 is 5.91 Å². The first-order chi connectivity index (χ1) is 10.9. The van der Waals surface area contributed by atoms with E-state index >= 15 is 0 Å². The molecule has 2 aromatic rings. The number of aromatic nitrogens is 2. The van der Waals surface area contributed by atoms with Crippen molar-refractivity contribution in [3.8, 4) is 0 Å². The first kappa shape index (κ1) is 16.3. The Morgan fingerprint density at radius 3 is 2.41 bits per heavy atom. The van der Waals surface area contributed by atoms with Gasteiger partial charge in [0.05, 0.1) is 0 Å². The Kier molecular flexibility index (Phi) is 7.22. The molecule has 0 spiro atoms. The second kappa shape index (κ2) is 9.77. The molecular formula is C18H25N3O. The maximum atomic E-state index is 11.8. The minimum absolute atomic E-state index is 0.0276. The molecule has 0 aliphatic carbocycles. The van der Waals surface area contributed by atoms with Gasteiger partial charge >= 0.3 is 0 Å². The molecule has 1 heterocycles. The van der Waals surface area contributed by atoms with Gasteiger partial charge in [0.2, 0.25) is 0 Å². The molecule has 0 saturated heterocycles. The van der Waals surface area contributed by atoms with Crippen molar-refractivity contribution in [1.29, 1.82) is 0 Å². The summed E-state index contributed by atoms with van der Waals surface area (Å²) < 4.78 is 1.99. The average Bonchev–Trinajstić information content (AvgIpc) is 3.07. The van der Waals surface area contributed by atoms with Gasteiger partial charge < -0.3 is 5.32 Å². The predicted molar refractivity (Wildman–Crippen MR) is 88.7 cm³/mol. The molecule has 0 bridgehead atoms. The summed E-state index contributed by atoms with van der Waals surface area (Å²) in [7, 11) is 0. The SMILES string of the molecule is O=C(NCCCCCCCCn1cccn1)c1ccccc1. The second-order valence-corrected chi connectivity index (χ2v) is 5.51. The number of amides is 1. The molecule has 0 aliphatic rings. The molecule has 0 radical (unpaired) electrons. The highest BCUT2D eigenvalue weighted by atomic mass is 16.1. The lowest BCUT2D eigenvalue weighted by Crippen LogP contribution is -2.24. The van der Waals surface area contributed by atoms with Gasteiger partial charge in [0.15, 0.2) is 0 Å². The van der Waals surface area contributed by atoms with Crippen LogP contribution in [0.3, 0.4) is 0 Å². The summed E-state index contributed by atoms with van der Waals surface area (Å²) in [5.74, 6) is 0.0276. The van der Waals surface area contributed by atoms with Crippen LogP contribution in [-0.2, 0) is 6.54 Å². The first-order valence-electron chi connectivity index (χ1n) is 8.17. The van der Waals surface area contributed by atoms with E-state index in [-0.39, 0.29) is 5.91 Å². The Morgan fingerprint density at radius 2 is 1.68 bits per heavy atom. The molecule has 0 aliphatic heterocycles. The van der Waals surface area contributed by atoms with Crippen molar-refractivity contribution in [3.63, 3.8) is 0 Å². The normalized spacial score (nSPS) is 10.5. The molecular weight excluding hydrogens is 274 g/mol.